The Bertz CT molecular complexity index is 826. The first-order valence-electron chi connectivity index (χ1n) is 8.12. The highest BCUT2D eigenvalue weighted by atomic mass is 16.5. The van der Waals surface area contributed by atoms with E-state index in [-0.39, 0.29) is 31.1 Å². The van der Waals surface area contributed by atoms with Gasteiger partial charge in [-0.25, -0.2) is 4.79 Å². The molecule has 0 radical (unpaired) electrons. The molecule has 3 rings (SSSR count). The summed E-state index contributed by atoms with van der Waals surface area (Å²) in [6.45, 7) is -0.113. The van der Waals surface area contributed by atoms with E-state index in [4.69, 9.17) is 10.5 Å². The summed E-state index contributed by atoms with van der Waals surface area (Å²) in [5, 5.41) is 19.1. The van der Waals surface area contributed by atoms with E-state index in [1.165, 1.54) is 15.7 Å². The molecular formula is C17H20N4O5. The van der Waals surface area contributed by atoms with E-state index in [1.54, 1.807) is 0 Å². The van der Waals surface area contributed by atoms with Crippen LogP contribution in [0.1, 0.15) is 18.2 Å². The molecule has 0 saturated carbocycles. The van der Waals surface area contributed by atoms with Gasteiger partial charge < -0.3 is 25.6 Å². The molecule has 138 valence electrons. The minimum absolute atomic E-state index is 0.0773. The monoisotopic (exact) mass is 360 g/mol. The highest BCUT2D eigenvalue weighted by Gasteiger charge is 2.35. The van der Waals surface area contributed by atoms with Crippen molar-refractivity contribution in [2.45, 2.75) is 31.4 Å². The molecular weight excluding hydrogens is 340 g/mol. The SMILES string of the molecule is Nc1nc(=O)n([C@H]2C[C@H](O)[C@@H](CO)O2)cc1N(C=O)Cc1ccccc1. The van der Waals surface area contributed by atoms with Crippen LogP contribution in [0.25, 0.3) is 0 Å². The highest BCUT2D eigenvalue weighted by molar-refractivity contribution is 5.80. The average molecular weight is 360 g/mol. The Morgan fingerprint density at radius 3 is 2.73 bits per heavy atom. The Kier molecular flexibility index (Phi) is 5.31. The molecule has 1 fully saturated rings. The fraction of sp³-hybridized carbons (Fsp3) is 0.353. The number of nitrogens with zero attached hydrogens (tertiary/aromatic N) is 3. The van der Waals surface area contributed by atoms with Crippen molar-refractivity contribution in [1.82, 2.24) is 9.55 Å². The zero-order valence-electron chi connectivity index (χ0n) is 13.9. The summed E-state index contributed by atoms with van der Waals surface area (Å²) >= 11 is 0. The summed E-state index contributed by atoms with van der Waals surface area (Å²) in [7, 11) is 0. The van der Waals surface area contributed by atoms with Crippen molar-refractivity contribution in [2.24, 2.45) is 0 Å². The largest absolute Gasteiger partial charge is 0.394 e. The third kappa shape index (κ3) is 3.59. The van der Waals surface area contributed by atoms with E-state index < -0.39 is 24.1 Å². The van der Waals surface area contributed by atoms with E-state index >= 15 is 0 Å². The fourth-order valence-electron chi connectivity index (χ4n) is 2.91. The van der Waals surface area contributed by atoms with Crippen molar-refractivity contribution in [3.63, 3.8) is 0 Å². The molecule has 9 heteroatoms. The molecule has 0 bridgehead atoms. The number of ether oxygens (including phenoxy) is 1. The van der Waals surface area contributed by atoms with E-state index in [9.17, 15) is 19.8 Å². The van der Waals surface area contributed by atoms with Crippen LogP contribution in [-0.4, -0.2) is 45.0 Å². The molecule has 9 nitrogen and oxygen atoms in total. The van der Waals surface area contributed by atoms with Crippen molar-refractivity contribution < 1.29 is 19.7 Å². The first kappa shape index (κ1) is 18.1. The lowest BCUT2D eigenvalue weighted by Crippen LogP contribution is -2.31. The number of nitrogen functional groups attached to an aromatic ring is 1. The molecule has 1 aromatic carbocycles. The Morgan fingerprint density at radius 2 is 2.12 bits per heavy atom. The number of carbonyl (C=O) groups is 1. The molecule has 1 aliphatic heterocycles. The van der Waals surface area contributed by atoms with Gasteiger partial charge in [0, 0.05) is 12.6 Å². The lowest BCUT2D eigenvalue weighted by molar-refractivity contribution is -0.107. The second-order valence-electron chi connectivity index (χ2n) is 6.03. The Balaban J connectivity index is 1.92. The lowest BCUT2D eigenvalue weighted by Gasteiger charge is -2.21. The zero-order valence-corrected chi connectivity index (χ0v) is 13.9. The number of carbonyl (C=O) groups excluding carboxylic acids is 1. The standard InChI is InChI=1S/C17H20N4O5/c18-16-12(20(10-23)7-11-4-2-1-3-5-11)8-21(17(25)19-16)15-6-13(24)14(9-22)26-15/h1-5,8,10,13-15,22,24H,6-7,9H2,(H2,18,19,25)/t13-,14+,15+/m0/s1. The van der Waals surface area contributed by atoms with Crippen LogP contribution in [0.15, 0.2) is 41.3 Å². The Hall–Kier alpha value is -2.75. The van der Waals surface area contributed by atoms with Crippen LogP contribution >= 0.6 is 0 Å². The predicted octanol–water partition coefficient (Wildman–Crippen LogP) is -0.371. The summed E-state index contributed by atoms with van der Waals surface area (Å²) in [6, 6.07) is 9.29. The van der Waals surface area contributed by atoms with E-state index in [0.717, 1.165) is 5.56 Å². The van der Waals surface area contributed by atoms with Crippen LogP contribution in [0.2, 0.25) is 0 Å². The van der Waals surface area contributed by atoms with Crippen molar-refractivity contribution in [3.05, 3.63) is 52.6 Å². The van der Waals surface area contributed by atoms with Crippen LogP contribution in [0, 0.1) is 0 Å². The second-order valence-corrected chi connectivity index (χ2v) is 6.03. The van der Waals surface area contributed by atoms with Gasteiger partial charge in [0.2, 0.25) is 6.41 Å². The average Bonchev–Trinajstić information content (AvgIpc) is 3.01. The van der Waals surface area contributed by atoms with E-state index in [1.807, 2.05) is 30.3 Å². The Morgan fingerprint density at radius 1 is 1.38 bits per heavy atom. The molecule has 3 atom stereocenters. The molecule has 0 unspecified atom stereocenters. The number of aromatic nitrogens is 2. The van der Waals surface area contributed by atoms with Gasteiger partial charge in [-0.1, -0.05) is 30.3 Å². The summed E-state index contributed by atoms with van der Waals surface area (Å²) < 4.78 is 6.66. The van der Waals surface area contributed by atoms with Crippen molar-refractivity contribution in [1.29, 1.82) is 0 Å². The van der Waals surface area contributed by atoms with Gasteiger partial charge in [-0.3, -0.25) is 9.36 Å². The van der Waals surface area contributed by atoms with E-state index in [2.05, 4.69) is 4.98 Å². The van der Waals surface area contributed by atoms with E-state index in [0.29, 0.717) is 6.41 Å². The number of hydrogen-bond donors (Lipinski definition) is 3. The molecule has 1 amide bonds. The predicted molar refractivity (Wildman–Crippen MR) is 93.2 cm³/mol. The maximum absolute atomic E-state index is 12.2. The molecule has 1 saturated heterocycles. The maximum atomic E-state index is 12.2. The van der Waals surface area contributed by atoms with Gasteiger partial charge in [0.15, 0.2) is 5.82 Å². The summed E-state index contributed by atoms with van der Waals surface area (Å²) in [4.78, 5) is 28.9. The quantitative estimate of drug-likeness (QED) is 0.599. The zero-order chi connectivity index (χ0) is 18.7. The summed E-state index contributed by atoms with van der Waals surface area (Å²) in [5.41, 5.74) is 6.32. The smallest absolute Gasteiger partial charge is 0.351 e. The summed E-state index contributed by atoms with van der Waals surface area (Å²) in [6.07, 6.45) is -0.360. The Labute approximate surface area is 149 Å². The van der Waals surface area contributed by atoms with Crippen LogP contribution in [0.3, 0.4) is 0 Å². The highest BCUT2D eigenvalue weighted by Crippen LogP contribution is 2.29. The van der Waals surface area contributed by atoms with Crippen molar-refractivity contribution in [3.8, 4) is 0 Å². The van der Waals surface area contributed by atoms with Gasteiger partial charge in [0.05, 0.1) is 19.3 Å². The molecule has 2 aromatic rings. The van der Waals surface area contributed by atoms with Gasteiger partial charge in [-0.05, 0) is 5.56 Å². The number of hydrogen-bond acceptors (Lipinski definition) is 7. The number of nitrogens with two attached hydrogens (primary N) is 1. The van der Waals surface area contributed by atoms with Gasteiger partial charge in [-0.2, -0.15) is 4.98 Å². The lowest BCUT2D eigenvalue weighted by atomic mass is 10.2. The number of amides is 1. The second kappa shape index (κ2) is 7.65. The molecule has 2 heterocycles. The summed E-state index contributed by atoms with van der Waals surface area (Å²) in [5.74, 6) is -0.0773. The minimum atomic E-state index is -0.899. The van der Waals surface area contributed by atoms with Crippen LogP contribution < -0.4 is 16.3 Å². The van der Waals surface area contributed by atoms with Gasteiger partial charge in [0.25, 0.3) is 0 Å². The normalized spacial score (nSPS) is 22.3. The van der Waals surface area contributed by atoms with Gasteiger partial charge in [0.1, 0.15) is 18.0 Å². The number of benzene rings is 1. The third-order valence-corrected chi connectivity index (χ3v) is 4.29. The third-order valence-electron chi connectivity index (χ3n) is 4.29. The van der Waals surface area contributed by atoms with Gasteiger partial charge >= 0.3 is 5.69 Å². The topological polar surface area (TPSA) is 131 Å². The molecule has 1 aliphatic rings. The van der Waals surface area contributed by atoms with Crippen molar-refractivity contribution in [2.75, 3.05) is 17.2 Å². The fourth-order valence-corrected chi connectivity index (χ4v) is 2.91. The first-order valence-corrected chi connectivity index (χ1v) is 8.12. The van der Waals surface area contributed by atoms with Crippen LogP contribution in [0.5, 0.6) is 0 Å². The molecule has 0 spiro atoms. The number of anilines is 2. The number of aliphatic hydroxyl groups excluding tert-OH is 2. The van der Waals surface area contributed by atoms with Crippen molar-refractivity contribution >= 4 is 17.9 Å². The molecule has 26 heavy (non-hydrogen) atoms. The molecule has 1 aromatic heterocycles. The van der Waals surface area contributed by atoms with Gasteiger partial charge in [-0.15, -0.1) is 0 Å². The first-order chi connectivity index (χ1) is 12.5. The molecule has 4 N–H and O–H groups in total. The maximum Gasteiger partial charge on any atom is 0.351 e. The van der Waals surface area contributed by atoms with Crippen LogP contribution in [-0.2, 0) is 16.1 Å². The number of aliphatic hydroxyl groups is 2. The molecule has 0 aliphatic carbocycles. The van der Waals surface area contributed by atoms with Crippen LogP contribution in [0.4, 0.5) is 11.5 Å². The number of rotatable bonds is 6. The minimum Gasteiger partial charge on any atom is -0.394 e.